The molecule has 0 aliphatic rings. The van der Waals surface area contributed by atoms with Gasteiger partial charge in [-0.2, -0.15) is 0 Å². The third-order valence-corrected chi connectivity index (χ3v) is 5.88. The number of carboxylic acid groups (broad SMARTS) is 1. The largest absolute Gasteiger partial charge is 0.495 e. The van der Waals surface area contributed by atoms with Crippen LogP contribution >= 0.6 is 34.5 Å². The van der Waals surface area contributed by atoms with Gasteiger partial charge in [-0.1, -0.05) is 29.3 Å². The molecule has 0 atom stereocenters. The summed E-state index contributed by atoms with van der Waals surface area (Å²) in [5.41, 5.74) is 1.88. The van der Waals surface area contributed by atoms with Gasteiger partial charge in [0.25, 0.3) is 0 Å². The van der Waals surface area contributed by atoms with E-state index >= 15 is 0 Å². The number of carbonyl (C=O) groups is 1. The fourth-order valence-corrected chi connectivity index (χ4v) is 4.33. The average Bonchev–Trinajstić information content (AvgIpc) is 3.19. The van der Waals surface area contributed by atoms with Crippen LogP contribution in [0.2, 0.25) is 10.0 Å². The van der Waals surface area contributed by atoms with Crippen molar-refractivity contribution in [2.45, 2.75) is 6.54 Å². The zero-order valence-corrected chi connectivity index (χ0v) is 18.0. The number of hydrogen-bond acceptors (Lipinski definition) is 6. The molecule has 2 heterocycles. The van der Waals surface area contributed by atoms with E-state index in [4.69, 9.17) is 27.9 Å². The average molecular weight is 460 g/mol. The maximum Gasteiger partial charge on any atom is 0.337 e. The van der Waals surface area contributed by atoms with Gasteiger partial charge in [0.2, 0.25) is 0 Å². The molecule has 2 aromatic heterocycles. The van der Waals surface area contributed by atoms with Gasteiger partial charge in [-0.05, 0) is 41.3 Å². The molecule has 152 valence electrons. The van der Waals surface area contributed by atoms with Crippen LogP contribution in [-0.4, -0.2) is 28.2 Å². The first kappa shape index (κ1) is 20.4. The van der Waals surface area contributed by atoms with Gasteiger partial charge in [-0.25, -0.2) is 14.8 Å². The van der Waals surface area contributed by atoms with Crippen molar-refractivity contribution in [3.63, 3.8) is 0 Å². The number of aromatic carboxylic acids is 1. The Labute approximate surface area is 186 Å². The number of benzene rings is 2. The molecule has 0 saturated carbocycles. The van der Waals surface area contributed by atoms with Crippen LogP contribution in [0.25, 0.3) is 21.6 Å². The lowest BCUT2D eigenvalue weighted by atomic mass is 10.1. The predicted molar refractivity (Wildman–Crippen MR) is 120 cm³/mol. The number of nitrogens with one attached hydrogen (secondary N) is 1. The Hall–Kier alpha value is -2.87. The highest BCUT2D eigenvalue weighted by atomic mass is 35.5. The molecular weight excluding hydrogens is 445 g/mol. The molecule has 4 rings (SSSR count). The normalized spacial score (nSPS) is 10.9. The van der Waals surface area contributed by atoms with Gasteiger partial charge >= 0.3 is 5.97 Å². The molecule has 2 aromatic carbocycles. The summed E-state index contributed by atoms with van der Waals surface area (Å²) >= 11 is 14.0. The monoisotopic (exact) mass is 459 g/mol. The van der Waals surface area contributed by atoms with Crippen LogP contribution in [0.5, 0.6) is 5.75 Å². The number of thiophene rings is 1. The molecule has 0 radical (unpaired) electrons. The number of methoxy groups -OCH3 is 1. The van der Waals surface area contributed by atoms with Gasteiger partial charge in [0.05, 0.1) is 22.7 Å². The Balaban J connectivity index is 1.69. The van der Waals surface area contributed by atoms with E-state index in [1.165, 1.54) is 11.3 Å². The summed E-state index contributed by atoms with van der Waals surface area (Å²) < 4.78 is 5.16. The molecule has 0 fully saturated rings. The van der Waals surface area contributed by atoms with Crippen molar-refractivity contribution in [1.82, 2.24) is 9.97 Å². The maximum absolute atomic E-state index is 11.8. The van der Waals surface area contributed by atoms with Crippen molar-refractivity contribution in [3.05, 3.63) is 69.1 Å². The molecule has 4 aromatic rings. The lowest BCUT2D eigenvalue weighted by Gasteiger charge is -2.13. The van der Waals surface area contributed by atoms with E-state index in [1.54, 1.807) is 37.6 Å². The number of nitrogens with zero attached hydrogens (tertiary/aromatic N) is 2. The van der Waals surface area contributed by atoms with Gasteiger partial charge in [0.15, 0.2) is 5.82 Å². The molecule has 2 N–H and O–H groups in total. The number of ether oxygens (including phenoxy) is 1. The van der Waals surface area contributed by atoms with Crippen molar-refractivity contribution < 1.29 is 14.6 Å². The number of halogens is 2. The minimum absolute atomic E-state index is 0.0365. The molecule has 0 aliphatic heterocycles. The van der Waals surface area contributed by atoms with Gasteiger partial charge in [0, 0.05) is 29.4 Å². The molecule has 0 unspecified atom stereocenters. The van der Waals surface area contributed by atoms with Crippen LogP contribution in [0.3, 0.4) is 0 Å². The Morgan fingerprint density at radius 1 is 1.20 bits per heavy atom. The molecule has 6 nitrogen and oxygen atoms in total. The number of anilines is 1. The Morgan fingerprint density at radius 3 is 2.77 bits per heavy atom. The van der Waals surface area contributed by atoms with Crippen molar-refractivity contribution in [3.8, 4) is 17.1 Å². The molecule has 30 heavy (non-hydrogen) atoms. The van der Waals surface area contributed by atoms with Crippen LogP contribution in [0.4, 0.5) is 5.69 Å². The van der Waals surface area contributed by atoms with Crippen molar-refractivity contribution in [2.24, 2.45) is 0 Å². The van der Waals surface area contributed by atoms with Crippen molar-refractivity contribution in [1.29, 1.82) is 0 Å². The summed E-state index contributed by atoms with van der Waals surface area (Å²) in [4.78, 5) is 21.5. The topological polar surface area (TPSA) is 84.3 Å². The fraction of sp³-hybridized carbons (Fsp3) is 0.0952. The highest BCUT2D eigenvalue weighted by molar-refractivity contribution is 7.16. The summed E-state index contributed by atoms with van der Waals surface area (Å²) in [6.45, 7) is 0.455. The number of hydrogen-bond donors (Lipinski definition) is 2. The van der Waals surface area contributed by atoms with E-state index in [-0.39, 0.29) is 10.6 Å². The highest BCUT2D eigenvalue weighted by Crippen LogP contribution is 2.33. The molecule has 9 heteroatoms. The predicted octanol–water partition coefficient (Wildman–Crippen LogP) is 5.98. The Morgan fingerprint density at radius 2 is 2.03 bits per heavy atom. The molecule has 0 bridgehead atoms. The smallest absolute Gasteiger partial charge is 0.337 e. The van der Waals surface area contributed by atoms with Gasteiger partial charge < -0.3 is 15.2 Å². The number of fused-ring (bicyclic) bond motifs is 1. The number of aromatic nitrogens is 2. The minimum Gasteiger partial charge on any atom is -0.495 e. The quantitative estimate of drug-likeness (QED) is 0.368. The standard InChI is InChI=1S/C21H15Cl2N3O3S/c1-29-17-3-2-11(6-15(17)22)9-24-13-7-14(18(21(27)28)16(23)8-13)19-25-10-12-4-5-30-20(12)26-19/h2-8,10,24H,9H2,1H3,(H,27,28). The second-order valence-electron chi connectivity index (χ2n) is 6.38. The highest BCUT2D eigenvalue weighted by Gasteiger charge is 2.20. The lowest BCUT2D eigenvalue weighted by Crippen LogP contribution is -2.06. The summed E-state index contributed by atoms with van der Waals surface area (Å²) in [5, 5.41) is 16.3. The molecule has 0 spiro atoms. The molecule has 0 amide bonds. The minimum atomic E-state index is -1.14. The van der Waals surface area contributed by atoms with Crippen LogP contribution in [-0.2, 0) is 6.54 Å². The van der Waals surface area contributed by atoms with E-state index in [0.717, 1.165) is 15.8 Å². The van der Waals surface area contributed by atoms with E-state index in [2.05, 4.69) is 15.3 Å². The zero-order valence-electron chi connectivity index (χ0n) is 15.6. The maximum atomic E-state index is 11.8. The Kier molecular flexibility index (Phi) is 5.76. The van der Waals surface area contributed by atoms with E-state index in [9.17, 15) is 9.90 Å². The summed E-state index contributed by atoms with van der Waals surface area (Å²) in [6, 6.07) is 10.6. The number of carboxylic acids is 1. The molecular formula is C21H15Cl2N3O3S. The fourth-order valence-electron chi connectivity index (χ4n) is 3.01. The van der Waals surface area contributed by atoms with Crippen LogP contribution in [0, 0.1) is 0 Å². The molecule has 0 aliphatic carbocycles. The summed E-state index contributed by atoms with van der Waals surface area (Å²) in [7, 11) is 1.56. The van der Waals surface area contributed by atoms with Crippen molar-refractivity contribution in [2.75, 3.05) is 12.4 Å². The first-order valence-corrected chi connectivity index (χ1v) is 10.4. The third-order valence-electron chi connectivity index (χ3n) is 4.47. The first-order chi connectivity index (χ1) is 14.5. The third kappa shape index (κ3) is 4.05. The van der Waals surface area contributed by atoms with Crippen LogP contribution < -0.4 is 10.1 Å². The lowest BCUT2D eigenvalue weighted by molar-refractivity contribution is 0.0698. The van der Waals surface area contributed by atoms with Crippen molar-refractivity contribution >= 4 is 56.4 Å². The second-order valence-corrected chi connectivity index (χ2v) is 8.09. The van der Waals surface area contributed by atoms with Gasteiger partial charge in [0.1, 0.15) is 10.6 Å². The van der Waals surface area contributed by atoms with Gasteiger partial charge in [-0.3, -0.25) is 0 Å². The summed E-state index contributed by atoms with van der Waals surface area (Å²) in [6.07, 6.45) is 1.67. The van der Waals surface area contributed by atoms with Gasteiger partial charge in [-0.15, -0.1) is 11.3 Å². The van der Waals surface area contributed by atoms with E-state index in [1.807, 2.05) is 17.5 Å². The van der Waals surface area contributed by atoms with Crippen LogP contribution in [0.1, 0.15) is 15.9 Å². The SMILES string of the molecule is COc1ccc(CNc2cc(Cl)c(C(=O)O)c(-c3ncc4ccsc4n3)c2)cc1Cl. The number of rotatable bonds is 6. The first-order valence-electron chi connectivity index (χ1n) is 8.80. The van der Waals surface area contributed by atoms with E-state index in [0.29, 0.717) is 34.4 Å². The summed E-state index contributed by atoms with van der Waals surface area (Å²) in [5.74, 6) is -0.239. The Bertz CT molecular complexity index is 1260. The molecule has 0 saturated heterocycles. The van der Waals surface area contributed by atoms with E-state index < -0.39 is 5.97 Å². The second kappa shape index (κ2) is 8.47. The zero-order chi connectivity index (χ0) is 21.3. The van der Waals surface area contributed by atoms with Crippen LogP contribution in [0.15, 0.2) is 48.0 Å².